The first-order valence-corrected chi connectivity index (χ1v) is 9.24. The van der Waals surface area contributed by atoms with Gasteiger partial charge in [0.1, 0.15) is 5.75 Å². The summed E-state index contributed by atoms with van der Waals surface area (Å²) in [6, 6.07) is 18.1. The van der Waals surface area contributed by atoms with Crippen LogP contribution in [0.3, 0.4) is 0 Å². The lowest BCUT2D eigenvalue weighted by Gasteiger charge is -2.55. The number of hydrogen-bond acceptors (Lipinski definition) is 2. The van der Waals surface area contributed by atoms with E-state index in [1.807, 2.05) is 0 Å². The highest BCUT2D eigenvalue weighted by Gasteiger charge is 2.55. The predicted molar refractivity (Wildman–Crippen MR) is 96.8 cm³/mol. The molecular weight excluding hydrogens is 294 g/mol. The van der Waals surface area contributed by atoms with E-state index in [0.29, 0.717) is 17.3 Å². The first-order valence-electron chi connectivity index (χ1n) is 9.24. The normalized spacial score (nSPS) is 33.6. The van der Waals surface area contributed by atoms with E-state index >= 15 is 0 Å². The molecule has 0 radical (unpaired) electrons. The number of rotatable bonds is 2. The van der Waals surface area contributed by atoms with Gasteiger partial charge >= 0.3 is 0 Å². The zero-order valence-electron chi connectivity index (χ0n) is 14.3. The molecule has 2 aromatic carbocycles. The third kappa shape index (κ3) is 1.99. The third-order valence-electron chi connectivity index (χ3n) is 6.85. The van der Waals surface area contributed by atoms with Crippen molar-refractivity contribution in [3.8, 4) is 5.75 Å². The minimum Gasteiger partial charge on any atom is -0.497 e. The van der Waals surface area contributed by atoms with Crippen molar-refractivity contribution < 1.29 is 4.74 Å². The van der Waals surface area contributed by atoms with Gasteiger partial charge in [-0.2, -0.15) is 0 Å². The van der Waals surface area contributed by atoms with Crippen LogP contribution in [0.25, 0.3) is 0 Å². The molecule has 1 N–H and O–H groups in total. The molecule has 0 amide bonds. The molecule has 2 nitrogen and oxygen atoms in total. The van der Waals surface area contributed by atoms with Gasteiger partial charge in [0.25, 0.3) is 0 Å². The van der Waals surface area contributed by atoms with Gasteiger partial charge in [0.15, 0.2) is 0 Å². The maximum absolute atomic E-state index is 5.36. The molecule has 0 unspecified atom stereocenters. The summed E-state index contributed by atoms with van der Waals surface area (Å²) in [4.78, 5) is 0. The van der Waals surface area contributed by atoms with Crippen LogP contribution in [0.5, 0.6) is 5.75 Å². The lowest BCUT2D eigenvalue weighted by molar-refractivity contribution is 0.113. The lowest BCUT2D eigenvalue weighted by Crippen LogP contribution is -2.45. The molecule has 1 heterocycles. The maximum atomic E-state index is 5.36. The summed E-state index contributed by atoms with van der Waals surface area (Å²) in [5.74, 6) is 2.97. The Morgan fingerprint density at radius 3 is 2.54 bits per heavy atom. The van der Waals surface area contributed by atoms with Crippen molar-refractivity contribution in [1.29, 1.82) is 0 Å². The number of ether oxygens (including phenoxy) is 1. The van der Waals surface area contributed by atoms with E-state index in [2.05, 4.69) is 53.8 Å². The summed E-state index contributed by atoms with van der Waals surface area (Å²) < 4.78 is 5.36. The zero-order valence-corrected chi connectivity index (χ0v) is 14.3. The van der Waals surface area contributed by atoms with Crippen molar-refractivity contribution in [1.82, 2.24) is 5.32 Å². The van der Waals surface area contributed by atoms with Crippen molar-refractivity contribution >= 4 is 0 Å². The average molecular weight is 319 g/mol. The molecule has 1 aliphatic heterocycles. The maximum Gasteiger partial charge on any atom is 0.118 e. The number of methoxy groups -OCH3 is 1. The topological polar surface area (TPSA) is 21.3 Å². The van der Waals surface area contributed by atoms with Crippen LogP contribution < -0.4 is 10.1 Å². The Labute approximate surface area is 144 Å². The second kappa shape index (κ2) is 5.35. The van der Waals surface area contributed by atoms with Gasteiger partial charge in [-0.05, 0) is 77.8 Å². The van der Waals surface area contributed by atoms with Crippen LogP contribution >= 0.6 is 0 Å². The number of nitrogens with one attached hydrogen (secondary N) is 1. The molecule has 124 valence electrons. The van der Waals surface area contributed by atoms with Crippen LogP contribution in [0.4, 0.5) is 0 Å². The van der Waals surface area contributed by atoms with Gasteiger partial charge in [0.2, 0.25) is 0 Å². The molecule has 1 saturated heterocycles. The van der Waals surface area contributed by atoms with Gasteiger partial charge in [0.05, 0.1) is 7.11 Å². The van der Waals surface area contributed by atoms with Crippen LogP contribution in [0, 0.1) is 5.41 Å². The Bertz CT molecular complexity index is 745. The van der Waals surface area contributed by atoms with Gasteiger partial charge in [-0.1, -0.05) is 36.4 Å². The lowest BCUT2D eigenvalue weighted by atomic mass is 9.49. The molecule has 0 aromatic heterocycles. The van der Waals surface area contributed by atoms with Crippen molar-refractivity contribution in [2.24, 2.45) is 5.41 Å². The van der Waals surface area contributed by atoms with E-state index in [0.717, 1.165) is 11.7 Å². The highest BCUT2D eigenvalue weighted by atomic mass is 16.5. The molecule has 2 aromatic rings. The van der Waals surface area contributed by atoms with Crippen LogP contribution in [0.1, 0.15) is 53.7 Å². The smallest absolute Gasteiger partial charge is 0.118 e. The SMILES string of the molecule is COc1ccc([C@H]2C[C@H]3C[C@@]4(CCNC4)[C@H]2c2ccccc23)cc1. The van der Waals surface area contributed by atoms with Gasteiger partial charge in [-0.15, -0.1) is 0 Å². The monoisotopic (exact) mass is 319 g/mol. The van der Waals surface area contributed by atoms with E-state index in [-0.39, 0.29) is 0 Å². The molecule has 1 saturated carbocycles. The largest absolute Gasteiger partial charge is 0.497 e. The fourth-order valence-corrected chi connectivity index (χ4v) is 5.90. The van der Waals surface area contributed by atoms with Crippen LogP contribution in [0.2, 0.25) is 0 Å². The minimum absolute atomic E-state index is 0.460. The summed E-state index contributed by atoms with van der Waals surface area (Å²) in [5, 5.41) is 3.67. The van der Waals surface area contributed by atoms with Crippen molar-refractivity contribution in [2.45, 2.75) is 37.0 Å². The quantitative estimate of drug-likeness (QED) is 0.884. The van der Waals surface area contributed by atoms with Gasteiger partial charge in [0, 0.05) is 6.54 Å². The van der Waals surface area contributed by atoms with Crippen LogP contribution in [0.15, 0.2) is 48.5 Å². The standard InChI is InChI=1S/C22H25NO/c1-24-17-8-6-15(7-9-17)20-12-16-13-22(10-11-23-14-22)21(20)19-5-3-2-4-18(16)19/h2-9,16,20-21,23H,10-14H2,1H3/t16-,20+,21-,22+/m0/s1. The highest BCUT2D eigenvalue weighted by molar-refractivity contribution is 5.46. The fourth-order valence-electron chi connectivity index (χ4n) is 5.90. The average Bonchev–Trinajstić information content (AvgIpc) is 3.10. The van der Waals surface area contributed by atoms with E-state index in [4.69, 9.17) is 4.74 Å². The Morgan fingerprint density at radius 2 is 1.83 bits per heavy atom. The predicted octanol–water partition coefficient (Wildman–Crippen LogP) is 4.43. The molecule has 6 rings (SSSR count). The summed E-state index contributed by atoms with van der Waals surface area (Å²) in [5.41, 5.74) is 5.21. The Morgan fingerprint density at radius 1 is 1.04 bits per heavy atom. The Hall–Kier alpha value is -1.80. The van der Waals surface area contributed by atoms with E-state index in [9.17, 15) is 0 Å². The van der Waals surface area contributed by atoms with E-state index in [1.54, 1.807) is 18.2 Å². The van der Waals surface area contributed by atoms with Crippen molar-refractivity contribution in [3.05, 3.63) is 65.2 Å². The van der Waals surface area contributed by atoms with Gasteiger partial charge in [-0.25, -0.2) is 0 Å². The summed E-state index contributed by atoms with van der Waals surface area (Å²) in [6.45, 7) is 2.37. The van der Waals surface area contributed by atoms with Crippen molar-refractivity contribution in [2.75, 3.05) is 20.2 Å². The molecule has 1 spiro atoms. The first-order chi connectivity index (χ1) is 11.8. The molecule has 4 atom stereocenters. The summed E-state index contributed by atoms with van der Waals surface area (Å²) in [7, 11) is 1.74. The van der Waals surface area contributed by atoms with Gasteiger partial charge in [-0.3, -0.25) is 0 Å². The zero-order chi connectivity index (χ0) is 16.1. The molecule has 3 aliphatic carbocycles. The third-order valence-corrected chi connectivity index (χ3v) is 6.85. The van der Waals surface area contributed by atoms with E-state index < -0.39 is 0 Å². The molecule has 4 aliphatic rings. The number of benzene rings is 2. The Kier molecular flexibility index (Phi) is 3.24. The fraction of sp³-hybridized carbons (Fsp3) is 0.455. The van der Waals surface area contributed by atoms with Crippen LogP contribution in [-0.4, -0.2) is 20.2 Å². The van der Waals surface area contributed by atoms with Crippen LogP contribution in [-0.2, 0) is 0 Å². The molecule has 2 fully saturated rings. The Balaban J connectivity index is 1.62. The summed E-state index contributed by atoms with van der Waals surface area (Å²) in [6.07, 6.45) is 4.00. The molecule has 24 heavy (non-hydrogen) atoms. The van der Waals surface area contributed by atoms with E-state index in [1.165, 1.54) is 37.9 Å². The highest BCUT2D eigenvalue weighted by Crippen LogP contribution is 2.65. The number of fused-ring (bicyclic) bond motifs is 1. The van der Waals surface area contributed by atoms with Gasteiger partial charge < -0.3 is 10.1 Å². The molecule has 2 heteroatoms. The minimum atomic E-state index is 0.460. The van der Waals surface area contributed by atoms with Crippen molar-refractivity contribution in [3.63, 3.8) is 0 Å². The molecular formula is C22H25NO. The number of hydrogen-bond donors (Lipinski definition) is 1. The second-order valence-corrected chi connectivity index (χ2v) is 7.91. The second-order valence-electron chi connectivity index (χ2n) is 7.91. The first kappa shape index (κ1) is 14.5. The molecule has 2 bridgehead atoms. The summed E-state index contributed by atoms with van der Waals surface area (Å²) >= 11 is 0.